The van der Waals surface area contributed by atoms with Gasteiger partial charge in [0.15, 0.2) is 0 Å². The van der Waals surface area contributed by atoms with Crippen molar-refractivity contribution in [3.8, 4) is 0 Å². The first kappa shape index (κ1) is 18.8. The fourth-order valence-electron chi connectivity index (χ4n) is 1.72. The monoisotopic (exact) mass is 292 g/mol. The average molecular weight is 292 g/mol. The fraction of sp³-hybridized carbons (Fsp3) is 0.933. The van der Waals surface area contributed by atoms with Gasteiger partial charge in [0.1, 0.15) is 5.25 Å². The molecule has 2 nitrogen and oxygen atoms in total. The molecule has 0 fully saturated rings. The molecule has 19 heavy (non-hydrogen) atoms. The SMILES string of the molecule is CC(C)CC(SCCCCC(C)F)C(=O)OC(C)C. The molecule has 0 rings (SSSR count). The number of esters is 1. The van der Waals surface area contributed by atoms with Gasteiger partial charge in [-0.05, 0) is 58.1 Å². The molecule has 0 saturated heterocycles. The molecule has 0 spiro atoms. The molecule has 0 saturated carbocycles. The van der Waals surface area contributed by atoms with Crippen molar-refractivity contribution in [1.29, 1.82) is 0 Å². The molecule has 0 N–H and O–H groups in total. The largest absolute Gasteiger partial charge is 0.462 e. The third-order valence-electron chi connectivity index (χ3n) is 2.62. The minimum absolute atomic E-state index is 0.0600. The minimum Gasteiger partial charge on any atom is -0.462 e. The molecular weight excluding hydrogens is 263 g/mol. The van der Waals surface area contributed by atoms with Crippen molar-refractivity contribution in [2.45, 2.75) is 77.8 Å². The molecule has 0 aromatic heterocycles. The molecule has 2 unspecified atom stereocenters. The molecule has 114 valence electrons. The second kappa shape index (κ2) is 10.5. The number of ether oxygens (including phenoxy) is 1. The van der Waals surface area contributed by atoms with Crippen molar-refractivity contribution >= 4 is 17.7 Å². The molecule has 4 heteroatoms. The fourth-order valence-corrected chi connectivity index (χ4v) is 3.09. The highest BCUT2D eigenvalue weighted by Gasteiger charge is 2.22. The molecule has 0 bridgehead atoms. The molecule has 0 heterocycles. The van der Waals surface area contributed by atoms with Crippen LogP contribution in [0.5, 0.6) is 0 Å². The van der Waals surface area contributed by atoms with Crippen LogP contribution in [0.2, 0.25) is 0 Å². The molecule has 0 radical (unpaired) electrons. The van der Waals surface area contributed by atoms with Gasteiger partial charge in [0.05, 0.1) is 12.3 Å². The first-order chi connectivity index (χ1) is 8.82. The van der Waals surface area contributed by atoms with Crippen molar-refractivity contribution in [2.24, 2.45) is 5.92 Å². The number of carbonyl (C=O) groups is 1. The topological polar surface area (TPSA) is 26.3 Å². The van der Waals surface area contributed by atoms with E-state index in [4.69, 9.17) is 4.74 Å². The highest BCUT2D eigenvalue weighted by molar-refractivity contribution is 8.00. The summed E-state index contributed by atoms with van der Waals surface area (Å²) in [5.74, 6) is 1.27. The van der Waals surface area contributed by atoms with Gasteiger partial charge in [0.25, 0.3) is 0 Å². The Bertz CT molecular complexity index is 242. The maximum atomic E-state index is 12.7. The summed E-state index contributed by atoms with van der Waals surface area (Å²) in [6.45, 7) is 9.56. The summed E-state index contributed by atoms with van der Waals surface area (Å²) >= 11 is 1.65. The highest BCUT2D eigenvalue weighted by Crippen LogP contribution is 2.23. The van der Waals surface area contributed by atoms with Gasteiger partial charge >= 0.3 is 5.97 Å². The van der Waals surface area contributed by atoms with E-state index < -0.39 is 6.17 Å². The summed E-state index contributed by atoms with van der Waals surface area (Å²) in [7, 11) is 0. The van der Waals surface area contributed by atoms with Gasteiger partial charge in [-0.1, -0.05) is 13.8 Å². The Kier molecular flexibility index (Phi) is 10.4. The predicted molar refractivity (Wildman–Crippen MR) is 81.4 cm³/mol. The van der Waals surface area contributed by atoms with Crippen LogP contribution in [0.3, 0.4) is 0 Å². The van der Waals surface area contributed by atoms with E-state index >= 15 is 0 Å². The Morgan fingerprint density at radius 1 is 1.16 bits per heavy atom. The number of hydrogen-bond donors (Lipinski definition) is 0. The lowest BCUT2D eigenvalue weighted by Gasteiger charge is -2.19. The van der Waals surface area contributed by atoms with Gasteiger partial charge in [-0.2, -0.15) is 0 Å². The van der Waals surface area contributed by atoms with Crippen LogP contribution >= 0.6 is 11.8 Å². The zero-order chi connectivity index (χ0) is 14.8. The predicted octanol–water partition coefficient (Wildman–Crippen LogP) is 4.61. The van der Waals surface area contributed by atoms with Crippen LogP contribution in [-0.4, -0.2) is 29.2 Å². The molecule has 0 aliphatic carbocycles. The Balaban J connectivity index is 4.02. The summed E-state index contributed by atoms with van der Waals surface area (Å²) in [5.41, 5.74) is 0. The second-order valence-corrected chi connectivity index (χ2v) is 7.06. The first-order valence-electron chi connectivity index (χ1n) is 7.29. The Labute approximate surface area is 121 Å². The molecule has 0 aromatic carbocycles. The number of thioether (sulfide) groups is 1. The zero-order valence-corrected chi connectivity index (χ0v) is 13.8. The van der Waals surface area contributed by atoms with Crippen molar-refractivity contribution in [3.63, 3.8) is 0 Å². The van der Waals surface area contributed by atoms with Crippen molar-refractivity contribution in [1.82, 2.24) is 0 Å². The van der Waals surface area contributed by atoms with E-state index in [9.17, 15) is 9.18 Å². The summed E-state index contributed by atoms with van der Waals surface area (Å²) in [6, 6.07) is 0. The van der Waals surface area contributed by atoms with E-state index in [1.54, 1.807) is 18.7 Å². The van der Waals surface area contributed by atoms with Crippen LogP contribution in [0.25, 0.3) is 0 Å². The van der Waals surface area contributed by atoms with Gasteiger partial charge < -0.3 is 4.74 Å². The average Bonchev–Trinajstić information content (AvgIpc) is 2.25. The summed E-state index contributed by atoms with van der Waals surface area (Å²) < 4.78 is 17.9. The van der Waals surface area contributed by atoms with Crippen molar-refractivity contribution in [2.75, 3.05) is 5.75 Å². The van der Waals surface area contributed by atoms with E-state index in [2.05, 4.69) is 13.8 Å². The van der Waals surface area contributed by atoms with Crippen LogP contribution in [0.4, 0.5) is 4.39 Å². The van der Waals surface area contributed by atoms with Crippen LogP contribution in [0.1, 0.15) is 60.3 Å². The number of carbonyl (C=O) groups excluding carboxylic acids is 1. The van der Waals surface area contributed by atoms with Gasteiger partial charge in [-0.15, -0.1) is 11.8 Å². The highest BCUT2D eigenvalue weighted by atomic mass is 32.2. The molecule has 0 aliphatic heterocycles. The Morgan fingerprint density at radius 2 is 1.79 bits per heavy atom. The quantitative estimate of drug-likeness (QED) is 0.434. The lowest BCUT2D eigenvalue weighted by molar-refractivity contribution is -0.147. The van der Waals surface area contributed by atoms with Gasteiger partial charge in [-0.25, -0.2) is 4.39 Å². The summed E-state index contributed by atoms with van der Waals surface area (Å²) in [6.07, 6.45) is 2.53. The number of rotatable bonds is 10. The van der Waals surface area contributed by atoms with E-state index in [1.165, 1.54) is 0 Å². The smallest absolute Gasteiger partial charge is 0.319 e. The van der Waals surface area contributed by atoms with E-state index in [0.29, 0.717) is 12.3 Å². The number of unbranched alkanes of at least 4 members (excludes halogenated alkanes) is 1. The third-order valence-corrected chi connectivity index (χ3v) is 3.93. The number of alkyl halides is 1. The molecule has 2 atom stereocenters. The van der Waals surface area contributed by atoms with Crippen LogP contribution in [0, 0.1) is 5.92 Å². The molecular formula is C15H29FO2S. The number of hydrogen-bond acceptors (Lipinski definition) is 3. The van der Waals surface area contributed by atoms with E-state index in [-0.39, 0.29) is 17.3 Å². The Morgan fingerprint density at radius 3 is 2.26 bits per heavy atom. The lowest BCUT2D eigenvalue weighted by atomic mass is 10.1. The normalized spacial score (nSPS) is 14.7. The van der Waals surface area contributed by atoms with E-state index in [0.717, 1.165) is 25.0 Å². The van der Waals surface area contributed by atoms with Crippen molar-refractivity contribution in [3.05, 3.63) is 0 Å². The van der Waals surface area contributed by atoms with Gasteiger partial charge in [-0.3, -0.25) is 4.79 Å². The van der Waals surface area contributed by atoms with Gasteiger partial charge in [0, 0.05) is 0 Å². The van der Waals surface area contributed by atoms with Gasteiger partial charge in [0.2, 0.25) is 0 Å². The van der Waals surface area contributed by atoms with Crippen molar-refractivity contribution < 1.29 is 13.9 Å². The minimum atomic E-state index is -0.720. The van der Waals surface area contributed by atoms with Crippen LogP contribution in [0.15, 0.2) is 0 Å². The molecule has 0 amide bonds. The van der Waals surface area contributed by atoms with Crippen LogP contribution < -0.4 is 0 Å². The zero-order valence-electron chi connectivity index (χ0n) is 12.9. The number of halogens is 1. The standard InChI is InChI=1S/C15H29FO2S/c1-11(2)10-14(15(17)18-12(3)4)19-9-7-6-8-13(5)16/h11-14H,6-10H2,1-5H3. The maximum absolute atomic E-state index is 12.7. The lowest BCUT2D eigenvalue weighted by Crippen LogP contribution is -2.25. The second-order valence-electron chi connectivity index (χ2n) is 5.75. The maximum Gasteiger partial charge on any atom is 0.319 e. The van der Waals surface area contributed by atoms with Crippen LogP contribution in [-0.2, 0) is 9.53 Å². The molecule has 0 aliphatic rings. The summed E-state index contributed by atoms with van der Waals surface area (Å²) in [4.78, 5) is 12.0. The Hall–Kier alpha value is -0.250. The summed E-state index contributed by atoms with van der Waals surface area (Å²) in [5, 5.41) is -0.0785. The first-order valence-corrected chi connectivity index (χ1v) is 8.34. The van der Waals surface area contributed by atoms with E-state index in [1.807, 2.05) is 13.8 Å². The molecule has 0 aromatic rings. The third kappa shape index (κ3) is 11.3.